The summed E-state index contributed by atoms with van der Waals surface area (Å²) in [4.78, 5) is 0.218. The molecule has 3 rings (SSSR count). The third-order valence-electron chi connectivity index (χ3n) is 3.99. The molecule has 0 heterocycles. The van der Waals surface area contributed by atoms with Crippen molar-refractivity contribution >= 4 is 20.8 Å². The molecule has 0 amide bonds. The van der Waals surface area contributed by atoms with Gasteiger partial charge in [0.05, 0.1) is 12.0 Å². The van der Waals surface area contributed by atoms with Crippen molar-refractivity contribution in [3.05, 3.63) is 72.3 Å². The average molecular weight is 341 g/mol. The van der Waals surface area contributed by atoms with E-state index in [-0.39, 0.29) is 10.9 Å². The molecule has 4 nitrogen and oxygen atoms in total. The Labute approximate surface area is 142 Å². The SMILES string of the molecule is COc1ccc(S(=O)(=O)N[C@@H](C)c2cccc3ccccc23)cc1. The van der Waals surface area contributed by atoms with Gasteiger partial charge in [0.1, 0.15) is 5.75 Å². The maximum absolute atomic E-state index is 12.6. The fourth-order valence-electron chi connectivity index (χ4n) is 2.75. The summed E-state index contributed by atoms with van der Waals surface area (Å²) in [6.07, 6.45) is 0. The minimum Gasteiger partial charge on any atom is -0.497 e. The molecule has 0 aliphatic rings. The van der Waals surface area contributed by atoms with Crippen molar-refractivity contribution in [2.24, 2.45) is 0 Å². The van der Waals surface area contributed by atoms with E-state index in [1.807, 2.05) is 49.4 Å². The van der Waals surface area contributed by atoms with Crippen LogP contribution in [0.2, 0.25) is 0 Å². The van der Waals surface area contributed by atoms with Crippen molar-refractivity contribution in [3.63, 3.8) is 0 Å². The molecule has 0 unspecified atom stereocenters. The van der Waals surface area contributed by atoms with Crippen LogP contribution >= 0.6 is 0 Å². The Morgan fingerprint density at radius 1 is 0.917 bits per heavy atom. The van der Waals surface area contributed by atoms with E-state index in [9.17, 15) is 8.42 Å². The molecule has 0 radical (unpaired) electrons. The summed E-state index contributed by atoms with van der Waals surface area (Å²) < 4.78 is 33.0. The van der Waals surface area contributed by atoms with Crippen LogP contribution in [0.25, 0.3) is 10.8 Å². The molecule has 3 aromatic rings. The number of ether oxygens (including phenoxy) is 1. The van der Waals surface area contributed by atoms with Gasteiger partial charge in [0.2, 0.25) is 10.0 Å². The Morgan fingerprint density at radius 3 is 2.29 bits per heavy atom. The summed E-state index contributed by atoms with van der Waals surface area (Å²) in [6.45, 7) is 1.85. The van der Waals surface area contributed by atoms with E-state index in [0.717, 1.165) is 16.3 Å². The molecule has 1 N–H and O–H groups in total. The molecular weight excluding hydrogens is 322 g/mol. The molecule has 24 heavy (non-hydrogen) atoms. The molecule has 0 aliphatic heterocycles. The molecule has 0 fully saturated rings. The largest absolute Gasteiger partial charge is 0.497 e. The number of methoxy groups -OCH3 is 1. The van der Waals surface area contributed by atoms with Crippen molar-refractivity contribution < 1.29 is 13.2 Å². The summed E-state index contributed by atoms with van der Waals surface area (Å²) in [7, 11) is -2.06. The van der Waals surface area contributed by atoms with Gasteiger partial charge in [-0.3, -0.25) is 0 Å². The lowest BCUT2D eigenvalue weighted by atomic mass is 10.0. The van der Waals surface area contributed by atoms with Crippen LogP contribution in [-0.2, 0) is 10.0 Å². The second kappa shape index (κ2) is 6.63. The molecule has 0 aliphatic carbocycles. The maximum Gasteiger partial charge on any atom is 0.241 e. The van der Waals surface area contributed by atoms with E-state index < -0.39 is 10.0 Å². The lowest BCUT2D eigenvalue weighted by Crippen LogP contribution is -2.27. The summed E-state index contributed by atoms with van der Waals surface area (Å²) in [5.74, 6) is 0.621. The first kappa shape index (κ1) is 16.5. The first-order valence-electron chi connectivity index (χ1n) is 7.65. The summed E-state index contributed by atoms with van der Waals surface area (Å²) >= 11 is 0. The second-order valence-electron chi connectivity index (χ2n) is 5.59. The zero-order valence-corrected chi connectivity index (χ0v) is 14.4. The highest BCUT2D eigenvalue weighted by Crippen LogP contribution is 2.25. The van der Waals surface area contributed by atoms with Crippen molar-refractivity contribution in [2.75, 3.05) is 7.11 Å². The summed E-state index contributed by atoms with van der Waals surface area (Å²) in [6, 6.07) is 19.9. The van der Waals surface area contributed by atoms with Gasteiger partial charge in [0.15, 0.2) is 0 Å². The lowest BCUT2D eigenvalue weighted by molar-refractivity contribution is 0.414. The number of rotatable bonds is 5. The minimum absolute atomic E-state index is 0.218. The van der Waals surface area contributed by atoms with E-state index in [2.05, 4.69) is 4.72 Å². The van der Waals surface area contributed by atoms with Gasteiger partial charge in [-0.15, -0.1) is 0 Å². The second-order valence-corrected chi connectivity index (χ2v) is 7.30. The number of hydrogen-bond acceptors (Lipinski definition) is 3. The molecule has 0 bridgehead atoms. The maximum atomic E-state index is 12.6. The van der Waals surface area contributed by atoms with Gasteiger partial charge < -0.3 is 4.74 Å². The van der Waals surface area contributed by atoms with Crippen molar-refractivity contribution in [1.29, 1.82) is 0 Å². The fraction of sp³-hybridized carbons (Fsp3) is 0.158. The quantitative estimate of drug-likeness (QED) is 0.766. The molecule has 0 saturated carbocycles. The highest BCUT2D eigenvalue weighted by atomic mass is 32.2. The van der Waals surface area contributed by atoms with Gasteiger partial charge in [-0.1, -0.05) is 42.5 Å². The smallest absolute Gasteiger partial charge is 0.241 e. The van der Waals surface area contributed by atoms with Crippen molar-refractivity contribution in [3.8, 4) is 5.75 Å². The predicted molar refractivity (Wildman–Crippen MR) is 95.7 cm³/mol. The molecule has 1 atom stereocenters. The van der Waals surface area contributed by atoms with Gasteiger partial charge in [0, 0.05) is 6.04 Å². The van der Waals surface area contributed by atoms with Gasteiger partial charge >= 0.3 is 0 Å². The number of sulfonamides is 1. The van der Waals surface area contributed by atoms with Gasteiger partial charge in [-0.2, -0.15) is 0 Å². The lowest BCUT2D eigenvalue weighted by Gasteiger charge is -2.17. The standard InChI is InChI=1S/C19H19NO3S/c1-14(18-9-5-7-15-6-3-4-8-19(15)18)20-24(21,22)17-12-10-16(23-2)11-13-17/h3-14,20H,1-2H3/t14-/m0/s1. The van der Waals surface area contributed by atoms with Crippen molar-refractivity contribution in [1.82, 2.24) is 4.72 Å². The number of benzene rings is 3. The molecule has 0 aromatic heterocycles. The fourth-order valence-corrected chi connectivity index (χ4v) is 3.97. The Bertz CT molecular complexity index is 945. The van der Waals surface area contributed by atoms with E-state index in [4.69, 9.17) is 4.74 Å². The highest BCUT2D eigenvalue weighted by Gasteiger charge is 2.19. The van der Waals surface area contributed by atoms with E-state index >= 15 is 0 Å². The molecule has 0 saturated heterocycles. The molecular formula is C19H19NO3S. The first-order valence-corrected chi connectivity index (χ1v) is 9.13. The molecule has 5 heteroatoms. The molecule has 3 aromatic carbocycles. The molecule has 0 spiro atoms. The zero-order chi connectivity index (χ0) is 17.2. The van der Waals surface area contributed by atoms with Crippen LogP contribution in [0.4, 0.5) is 0 Å². The topological polar surface area (TPSA) is 55.4 Å². The predicted octanol–water partition coefficient (Wildman–Crippen LogP) is 3.89. The van der Waals surface area contributed by atoms with Crippen LogP contribution < -0.4 is 9.46 Å². The average Bonchev–Trinajstić information content (AvgIpc) is 2.61. The van der Waals surface area contributed by atoms with E-state index in [1.54, 1.807) is 19.2 Å². The Morgan fingerprint density at radius 2 is 1.58 bits per heavy atom. The van der Waals surface area contributed by atoms with E-state index in [1.165, 1.54) is 12.1 Å². The summed E-state index contributed by atoms with van der Waals surface area (Å²) in [5.41, 5.74) is 0.949. The monoisotopic (exact) mass is 341 g/mol. The first-order chi connectivity index (χ1) is 11.5. The Balaban J connectivity index is 1.91. The van der Waals surface area contributed by atoms with Crippen LogP contribution in [0.3, 0.4) is 0 Å². The number of hydrogen-bond donors (Lipinski definition) is 1. The van der Waals surface area contributed by atoms with Crippen LogP contribution in [0.5, 0.6) is 5.75 Å². The third kappa shape index (κ3) is 3.27. The van der Waals surface area contributed by atoms with Crippen LogP contribution in [0.15, 0.2) is 71.6 Å². The van der Waals surface area contributed by atoms with E-state index in [0.29, 0.717) is 5.75 Å². The van der Waals surface area contributed by atoms with Crippen LogP contribution in [-0.4, -0.2) is 15.5 Å². The van der Waals surface area contributed by atoms with Gasteiger partial charge in [0.25, 0.3) is 0 Å². The number of nitrogens with one attached hydrogen (secondary N) is 1. The van der Waals surface area contributed by atoms with Crippen molar-refractivity contribution in [2.45, 2.75) is 17.9 Å². The Kier molecular flexibility index (Phi) is 4.55. The number of fused-ring (bicyclic) bond motifs is 1. The van der Waals surface area contributed by atoms with Crippen LogP contribution in [0.1, 0.15) is 18.5 Å². The zero-order valence-electron chi connectivity index (χ0n) is 13.6. The summed E-state index contributed by atoms with van der Waals surface area (Å²) in [5, 5.41) is 2.13. The third-order valence-corrected chi connectivity index (χ3v) is 5.55. The van der Waals surface area contributed by atoms with Gasteiger partial charge in [-0.25, -0.2) is 13.1 Å². The highest BCUT2D eigenvalue weighted by molar-refractivity contribution is 7.89. The normalized spacial score (nSPS) is 12.9. The molecule has 124 valence electrons. The van der Waals surface area contributed by atoms with Gasteiger partial charge in [-0.05, 0) is 47.5 Å². The Hall–Kier alpha value is -2.37. The van der Waals surface area contributed by atoms with Crippen LogP contribution in [0, 0.1) is 0 Å². The minimum atomic E-state index is -3.61.